The summed E-state index contributed by atoms with van der Waals surface area (Å²) < 4.78 is 2.60. The van der Waals surface area contributed by atoms with Gasteiger partial charge in [-0.3, -0.25) is 0 Å². The van der Waals surface area contributed by atoms with Crippen molar-refractivity contribution in [3.63, 3.8) is 0 Å². The molecule has 0 bridgehead atoms. The molecule has 1 aliphatic rings. The van der Waals surface area contributed by atoms with Crippen LogP contribution in [0.5, 0.6) is 0 Å². The number of nitrogens with zero attached hydrogens (tertiary/aromatic N) is 1. The Morgan fingerprint density at radius 1 is 1.56 bits per heavy atom. The van der Waals surface area contributed by atoms with Crippen LogP contribution in [0, 0.1) is 0 Å². The molecule has 0 N–H and O–H groups in total. The zero-order chi connectivity index (χ0) is 6.69. The molecular weight excluding hydrogens is 307 g/mol. The molecule has 2 heteroatoms. The van der Waals surface area contributed by atoms with Crippen molar-refractivity contribution in [2.24, 2.45) is 0 Å². The molecule has 0 aromatic heterocycles. The summed E-state index contributed by atoms with van der Waals surface area (Å²) >= 11 is 1.47. The van der Waals surface area contributed by atoms with Gasteiger partial charge in [-0.2, -0.15) is 0 Å². The average Bonchev–Trinajstić information content (AvgIpc) is 1.89. The summed E-state index contributed by atoms with van der Waals surface area (Å²) in [6.07, 6.45) is 5.71. The van der Waals surface area contributed by atoms with Crippen LogP contribution >= 0.6 is 0 Å². The number of piperidine rings is 1. The van der Waals surface area contributed by atoms with Gasteiger partial charge in [-0.25, -0.2) is 0 Å². The fourth-order valence-electron chi connectivity index (χ4n) is 1.40. The van der Waals surface area contributed by atoms with E-state index >= 15 is 0 Å². The number of rotatable bonds is 1. The fourth-order valence-corrected chi connectivity index (χ4v) is 3.03. The van der Waals surface area contributed by atoms with Gasteiger partial charge in [-0.05, 0) is 0 Å². The van der Waals surface area contributed by atoms with Crippen molar-refractivity contribution >= 4 is 25.0 Å². The molecule has 0 aliphatic carbocycles. The standard InChI is InChI=1S/C7H14N.Bi/c1-2-7-5-3-4-6-8-7;/h7H,2-6H2,1H3;/q-1;+1. The number of hydrogen-bond donors (Lipinski definition) is 0. The molecule has 9 heavy (non-hydrogen) atoms. The van der Waals surface area contributed by atoms with Crippen molar-refractivity contribution in [1.82, 2.24) is 2.84 Å². The van der Waals surface area contributed by atoms with Crippen molar-refractivity contribution in [1.29, 1.82) is 0 Å². The third kappa shape index (κ3) is 2.16. The van der Waals surface area contributed by atoms with E-state index in [1.807, 2.05) is 0 Å². The van der Waals surface area contributed by atoms with Crippen molar-refractivity contribution < 1.29 is 0 Å². The van der Waals surface area contributed by atoms with E-state index in [2.05, 4.69) is 9.77 Å². The summed E-state index contributed by atoms with van der Waals surface area (Å²) in [5, 5.41) is 0. The van der Waals surface area contributed by atoms with Gasteiger partial charge < -0.3 is 0 Å². The van der Waals surface area contributed by atoms with Crippen LogP contribution in [-0.4, -0.2) is 40.4 Å². The van der Waals surface area contributed by atoms with Gasteiger partial charge in [0.15, 0.2) is 0 Å². The van der Waals surface area contributed by atoms with Gasteiger partial charge in [0.25, 0.3) is 0 Å². The maximum atomic E-state index is 2.60. The van der Waals surface area contributed by atoms with Crippen molar-refractivity contribution in [2.45, 2.75) is 38.6 Å². The van der Waals surface area contributed by atoms with E-state index in [1.165, 1.54) is 57.2 Å². The van der Waals surface area contributed by atoms with Crippen LogP contribution in [0.15, 0.2) is 0 Å². The molecule has 1 heterocycles. The molecule has 0 aromatic rings. The Balaban J connectivity index is 2.30. The van der Waals surface area contributed by atoms with E-state index in [0.717, 1.165) is 6.04 Å². The molecule has 2 radical (unpaired) electrons. The third-order valence-corrected chi connectivity index (χ3v) is 4.11. The van der Waals surface area contributed by atoms with Gasteiger partial charge in [0.2, 0.25) is 0 Å². The Hall–Kier alpha value is 0.843. The fraction of sp³-hybridized carbons (Fsp3) is 1.00. The first-order chi connectivity index (χ1) is 4.34. The molecule has 1 rings (SSSR count). The monoisotopic (exact) mass is 321 g/mol. The van der Waals surface area contributed by atoms with Crippen molar-refractivity contribution in [2.75, 3.05) is 6.54 Å². The van der Waals surface area contributed by atoms with Crippen LogP contribution in [0.25, 0.3) is 0 Å². The van der Waals surface area contributed by atoms with E-state index in [1.54, 1.807) is 0 Å². The Kier molecular flexibility index (Phi) is 3.42. The predicted molar refractivity (Wildman–Crippen MR) is 40.4 cm³/mol. The summed E-state index contributed by atoms with van der Waals surface area (Å²) in [6, 6.07) is 0.937. The van der Waals surface area contributed by atoms with Crippen LogP contribution in [0.3, 0.4) is 0 Å². The Labute approximate surface area is 73.1 Å². The van der Waals surface area contributed by atoms with Gasteiger partial charge in [-0.15, -0.1) is 0 Å². The molecule has 0 spiro atoms. The van der Waals surface area contributed by atoms with Gasteiger partial charge in [0.1, 0.15) is 0 Å². The second-order valence-corrected chi connectivity index (χ2v) is 4.72. The summed E-state index contributed by atoms with van der Waals surface area (Å²) in [5.41, 5.74) is 0. The first kappa shape index (κ1) is 7.94. The second kappa shape index (κ2) is 3.88. The SMILES string of the molecule is CCC1CCCC[N]1[Bi]. The summed E-state index contributed by atoms with van der Waals surface area (Å²) in [7, 11) is 0. The molecular formula is C7H14BiN. The molecule has 0 saturated carbocycles. The van der Waals surface area contributed by atoms with Crippen LogP contribution < -0.4 is 0 Å². The topological polar surface area (TPSA) is 3.24 Å². The van der Waals surface area contributed by atoms with Crippen molar-refractivity contribution in [3.05, 3.63) is 0 Å². The van der Waals surface area contributed by atoms with E-state index in [9.17, 15) is 0 Å². The summed E-state index contributed by atoms with van der Waals surface area (Å²) in [5.74, 6) is 0. The van der Waals surface area contributed by atoms with E-state index in [4.69, 9.17) is 0 Å². The molecule has 0 aromatic carbocycles. The van der Waals surface area contributed by atoms with Gasteiger partial charge in [0, 0.05) is 0 Å². The molecule has 1 atom stereocenters. The predicted octanol–water partition coefficient (Wildman–Crippen LogP) is 1.33. The van der Waals surface area contributed by atoms with E-state index in [-0.39, 0.29) is 0 Å². The zero-order valence-electron chi connectivity index (χ0n) is 6.01. The normalized spacial score (nSPS) is 30.7. The molecule has 0 amide bonds. The zero-order valence-corrected chi connectivity index (χ0v) is 9.48. The van der Waals surface area contributed by atoms with E-state index < -0.39 is 0 Å². The van der Waals surface area contributed by atoms with Gasteiger partial charge >= 0.3 is 73.0 Å². The minimum absolute atomic E-state index is 0.937. The molecule has 52 valence electrons. The maximum absolute atomic E-state index is 2.60. The molecule has 1 unspecified atom stereocenters. The van der Waals surface area contributed by atoms with Crippen LogP contribution in [0.1, 0.15) is 32.6 Å². The Bertz CT molecular complexity index is 85.0. The Morgan fingerprint density at radius 2 is 2.33 bits per heavy atom. The van der Waals surface area contributed by atoms with Crippen LogP contribution in [-0.2, 0) is 0 Å². The second-order valence-electron chi connectivity index (χ2n) is 2.72. The quantitative estimate of drug-likeness (QED) is 0.659. The minimum atomic E-state index is 0.937. The van der Waals surface area contributed by atoms with Crippen LogP contribution in [0.2, 0.25) is 0 Å². The number of hydrogen-bond acceptors (Lipinski definition) is 1. The van der Waals surface area contributed by atoms with Crippen molar-refractivity contribution in [3.8, 4) is 0 Å². The Morgan fingerprint density at radius 3 is 2.78 bits per heavy atom. The van der Waals surface area contributed by atoms with Gasteiger partial charge in [0.05, 0.1) is 0 Å². The molecule has 1 saturated heterocycles. The summed E-state index contributed by atoms with van der Waals surface area (Å²) in [6.45, 7) is 3.67. The van der Waals surface area contributed by atoms with Gasteiger partial charge in [-0.1, -0.05) is 0 Å². The average molecular weight is 321 g/mol. The molecule has 1 aliphatic heterocycles. The molecule has 1 fully saturated rings. The first-order valence-corrected chi connectivity index (χ1v) is 5.35. The third-order valence-electron chi connectivity index (χ3n) is 2.07. The first-order valence-electron chi connectivity index (χ1n) is 3.80. The van der Waals surface area contributed by atoms with E-state index in [0.29, 0.717) is 0 Å². The molecule has 1 nitrogen and oxygen atoms in total. The summed E-state index contributed by atoms with van der Waals surface area (Å²) in [4.78, 5) is 0. The van der Waals surface area contributed by atoms with Crippen LogP contribution in [0.4, 0.5) is 0 Å².